The molecule has 0 aliphatic rings. The van der Waals surface area contributed by atoms with Crippen LogP contribution in [-0.4, -0.2) is 29.3 Å². The lowest BCUT2D eigenvalue weighted by molar-refractivity contribution is -0.138. The third-order valence-corrected chi connectivity index (χ3v) is 2.05. The summed E-state index contributed by atoms with van der Waals surface area (Å²) in [5, 5.41) is 18.1. The van der Waals surface area contributed by atoms with Crippen molar-refractivity contribution in [2.45, 2.75) is 12.5 Å². The number of aliphatic carboxylic acids is 1. The average molecular weight is 211 g/mol. The van der Waals surface area contributed by atoms with Crippen LogP contribution < -0.4 is 10.5 Å². The van der Waals surface area contributed by atoms with Gasteiger partial charge >= 0.3 is 5.97 Å². The molecule has 0 aliphatic heterocycles. The molecule has 0 spiro atoms. The molecule has 1 aromatic carbocycles. The van der Waals surface area contributed by atoms with Gasteiger partial charge in [0, 0.05) is 12.5 Å². The number of benzene rings is 1. The summed E-state index contributed by atoms with van der Waals surface area (Å²) < 4.78 is 4.89. The van der Waals surface area contributed by atoms with Gasteiger partial charge in [0.15, 0.2) is 0 Å². The summed E-state index contributed by atoms with van der Waals surface area (Å²) in [4.78, 5) is 10.5. The van der Waals surface area contributed by atoms with E-state index in [0.717, 1.165) is 0 Å². The summed E-state index contributed by atoms with van der Waals surface area (Å²) in [6.45, 7) is 0. The van der Waals surface area contributed by atoms with Gasteiger partial charge in [0.05, 0.1) is 7.11 Å². The molecule has 0 bridgehead atoms. The van der Waals surface area contributed by atoms with E-state index in [1.165, 1.54) is 13.2 Å². The zero-order valence-electron chi connectivity index (χ0n) is 8.30. The zero-order chi connectivity index (χ0) is 11.4. The fraction of sp³-hybridized carbons (Fsp3) is 0.300. The number of rotatable bonds is 4. The molecule has 1 rings (SSSR count). The van der Waals surface area contributed by atoms with Gasteiger partial charge in [-0.2, -0.15) is 0 Å². The molecule has 0 aromatic heterocycles. The third-order valence-electron chi connectivity index (χ3n) is 2.05. The minimum atomic E-state index is -1.09. The van der Waals surface area contributed by atoms with Gasteiger partial charge in [-0.1, -0.05) is 6.07 Å². The van der Waals surface area contributed by atoms with E-state index < -0.39 is 12.0 Å². The van der Waals surface area contributed by atoms with E-state index in [-0.39, 0.29) is 12.2 Å². The quantitative estimate of drug-likeness (QED) is 0.668. The highest BCUT2D eigenvalue weighted by Crippen LogP contribution is 2.24. The van der Waals surface area contributed by atoms with Crippen molar-refractivity contribution < 1.29 is 19.7 Å². The first kappa shape index (κ1) is 11.3. The second-order valence-corrected chi connectivity index (χ2v) is 3.14. The van der Waals surface area contributed by atoms with Crippen LogP contribution in [0.3, 0.4) is 0 Å². The molecule has 5 heteroatoms. The number of hydrogen-bond donors (Lipinski definition) is 3. The van der Waals surface area contributed by atoms with Crippen LogP contribution in [0.4, 0.5) is 0 Å². The van der Waals surface area contributed by atoms with Crippen LogP contribution in [0.1, 0.15) is 5.56 Å². The Balaban J connectivity index is 2.82. The van der Waals surface area contributed by atoms with Crippen LogP contribution in [0.15, 0.2) is 18.2 Å². The van der Waals surface area contributed by atoms with Crippen LogP contribution in [0.25, 0.3) is 0 Å². The van der Waals surface area contributed by atoms with Crippen molar-refractivity contribution in [2.75, 3.05) is 7.11 Å². The number of carbonyl (C=O) groups is 1. The first-order valence-corrected chi connectivity index (χ1v) is 4.39. The van der Waals surface area contributed by atoms with Gasteiger partial charge in [-0.25, -0.2) is 0 Å². The molecule has 0 saturated heterocycles. The summed E-state index contributed by atoms with van der Waals surface area (Å²) in [5.74, 6) is -0.587. The van der Waals surface area contributed by atoms with Crippen LogP contribution in [0.2, 0.25) is 0 Å². The van der Waals surface area contributed by atoms with Crippen LogP contribution in [0, 0.1) is 0 Å². The number of carboxylic acids is 1. The highest BCUT2D eigenvalue weighted by atomic mass is 16.5. The molecular weight excluding hydrogens is 198 g/mol. The van der Waals surface area contributed by atoms with Crippen LogP contribution >= 0.6 is 0 Å². The molecule has 1 aromatic rings. The number of phenols is 1. The first-order chi connectivity index (χ1) is 7.04. The van der Waals surface area contributed by atoms with Crippen molar-refractivity contribution in [1.29, 1.82) is 0 Å². The van der Waals surface area contributed by atoms with E-state index in [0.29, 0.717) is 11.3 Å². The second kappa shape index (κ2) is 4.65. The Labute approximate surface area is 87.1 Å². The summed E-state index contributed by atoms with van der Waals surface area (Å²) in [6, 6.07) is 3.65. The smallest absolute Gasteiger partial charge is 0.320 e. The Bertz CT molecular complexity index is 364. The van der Waals surface area contributed by atoms with Gasteiger partial charge in [0.1, 0.15) is 17.5 Å². The maximum atomic E-state index is 10.5. The summed E-state index contributed by atoms with van der Waals surface area (Å²) in [7, 11) is 1.48. The van der Waals surface area contributed by atoms with E-state index in [9.17, 15) is 9.90 Å². The molecule has 5 nitrogen and oxygen atoms in total. The molecule has 0 heterocycles. The minimum absolute atomic E-state index is 0.00829. The number of carboxylic acid groups (broad SMARTS) is 1. The van der Waals surface area contributed by atoms with Gasteiger partial charge < -0.3 is 20.7 Å². The van der Waals surface area contributed by atoms with E-state index in [1.807, 2.05) is 0 Å². The van der Waals surface area contributed by atoms with Crippen molar-refractivity contribution in [3.05, 3.63) is 23.8 Å². The van der Waals surface area contributed by atoms with Crippen molar-refractivity contribution in [3.8, 4) is 11.5 Å². The van der Waals surface area contributed by atoms with E-state index in [2.05, 4.69) is 0 Å². The molecule has 0 radical (unpaired) electrons. The van der Waals surface area contributed by atoms with Gasteiger partial charge in [-0.3, -0.25) is 4.79 Å². The van der Waals surface area contributed by atoms with Crippen LogP contribution in [0.5, 0.6) is 11.5 Å². The van der Waals surface area contributed by atoms with Crippen molar-refractivity contribution in [3.63, 3.8) is 0 Å². The van der Waals surface area contributed by atoms with Gasteiger partial charge in [-0.15, -0.1) is 0 Å². The van der Waals surface area contributed by atoms with Crippen molar-refractivity contribution in [2.24, 2.45) is 5.73 Å². The lowest BCUT2D eigenvalue weighted by Gasteiger charge is -2.09. The SMILES string of the molecule is COc1ccc(CC(N)C(=O)O)c(O)c1. The predicted molar refractivity (Wildman–Crippen MR) is 54.0 cm³/mol. The normalized spacial score (nSPS) is 12.1. The molecule has 1 unspecified atom stereocenters. The number of methoxy groups -OCH3 is 1. The van der Waals surface area contributed by atoms with Gasteiger partial charge in [-0.05, 0) is 11.6 Å². The highest BCUT2D eigenvalue weighted by molar-refractivity contribution is 5.73. The zero-order valence-corrected chi connectivity index (χ0v) is 8.30. The molecule has 0 aliphatic carbocycles. The largest absolute Gasteiger partial charge is 0.508 e. The molecule has 0 saturated carbocycles. The highest BCUT2D eigenvalue weighted by Gasteiger charge is 2.14. The molecule has 15 heavy (non-hydrogen) atoms. The fourth-order valence-corrected chi connectivity index (χ4v) is 1.17. The molecule has 82 valence electrons. The first-order valence-electron chi connectivity index (χ1n) is 4.39. The van der Waals surface area contributed by atoms with Crippen LogP contribution in [-0.2, 0) is 11.2 Å². The standard InChI is InChI=1S/C10H13NO4/c1-15-7-3-2-6(9(12)5-7)4-8(11)10(13)14/h2-3,5,8,12H,4,11H2,1H3,(H,13,14). The Morgan fingerprint density at radius 2 is 2.27 bits per heavy atom. The monoisotopic (exact) mass is 211 g/mol. The lowest BCUT2D eigenvalue weighted by atomic mass is 10.1. The minimum Gasteiger partial charge on any atom is -0.508 e. The number of nitrogens with two attached hydrogens (primary N) is 1. The Morgan fingerprint density at radius 1 is 1.60 bits per heavy atom. The Hall–Kier alpha value is -1.75. The van der Waals surface area contributed by atoms with E-state index in [1.54, 1.807) is 12.1 Å². The maximum Gasteiger partial charge on any atom is 0.320 e. The molecule has 0 amide bonds. The predicted octanol–water partition coefficient (Wildman–Crippen LogP) is 0.355. The van der Waals surface area contributed by atoms with Gasteiger partial charge in [0.25, 0.3) is 0 Å². The topological polar surface area (TPSA) is 92.8 Å². The molecule has 0 fully saturated rings. The summed E-state index contributed by atoms with van der Waals surface area (Å²) >= 11 is 0. The number of aromatic hydroxyl groups is 1. The Morgan fingerprint density at radius 3 is 2.73 bits per heavy atom. The fourth-order valence-electron chi connectivity index (χ4n) is 1.17. The van der Waals surface area contributed by atoms with Crippen molar-refractivity contribution in [1.82, 2.24) is 0 Å². The lowest BCUT2D eigenvalue weighted by Crippen LogP contribution is -2.32. The third kappa shape index (κ3) is 2.85. The number of ether oxygens (including phenoxy) is 1. The molecular formula is C10H13NO4. The molecule has 1 atom stereocenters. The summed E-state index contributed by atoms with van der Waals surface area (Å²) in [5.41, 5.74) is 5.84. The van der Waals surface area contributed by atoms with E-state index >= 15 is 0 Å². The average Bonchev–Trinajstić information content (AvgIpc) is 2.20. The van der Waals surface area contributed by atoms with Gasteiger partial charge in [0.2, 0.25) is 0 Å². The number of hydrogen-bond acceptors (Lipinski definition) is 4. The molecule has 4 N–H and O–H groups in total. The Kier molecular flexibility index (Phi) is 3.51. The van der Waals surface area contributed by atoms with Crippen molar-refractivity contribution >= 4 is 5.97 Å². The second-order valence-electron chi connectivity index (χ2n) is 3.14. The summed E-state index contributed by atoms with van der Waals surface area (Å²) in [6.07, 6.45) is 0.0885. The maximum absolute atomic E-state index is 10.5. The number of phenolic OH excluding ortho intramolecular Hbond substituents is 1. The van der Waals surface area contributed by atoms with E-state index in [4.69, 9.17) is 15.6 Å².